The lowest BCUT2D eigenvalue weighted by Crippen LogP contribution is -2.19. The molecule has 0 atom stereocenters. The summed E-state index contributed by atoms with van der Waals surface area (Å²) in [7, 11) is -1.57. The first-order valence-corrected chi connectivity index (χ1v) is 13.9. The molecule has 0 saturated carbocycles. The van der Waals surface area contributed by atoms with E-state index in [1.54, 1.807) is 0 Å². The van der Waals surface area contributed by atoms with Crippen molar-refractivity contribution in [3.63, 3.8) is 0 Å². The molecule has 0 amide bonds. The summed E-state index contributed by atoms with van der Waals surface area (Å²) in [4.78, 5) is 4.96. The number of aromatic nitrogens is 1. The normalized spacial score (nSPS) is 10.9. The van der Waals surface area contributed by atoms with E-state index in [0.29, 0.717) is 0 Å². The first-order valence-electron chi connectivity index (χ1n) is 11.2. The molecule has 0 saturated heterocycles. The van der Waals surface area contributed by atoms with Crippen molar-refractivity contribution >= 4 is 49.0 Å². The highest BCUT2D eigenvalue weighted by Gasteiger charge is 2.17. The molecule has 4 aromatic carbocycles. The van der Waals surface area contributed by atoms with E-state index in [1.165, 1.54) is 21.2 Å². The van der Waals surface area contributed by atoms with Crippen molar-refractivity contribution < 1.29 is 0 Å². The maximum absolute atomic E-state index is 4.96. The number of rotatable bonds is 8. The Morgan fingerprint density at radius 3 is 0.941 bits per heavy atom. The standard InChI is InChI=1S/C29H25N3P2/c1-5-14-24(15-6-1)33(25-16-7-2-8-17-25)31-28-22-13-23-29(30-28)32-34(26-18-9-3-10-19-26)27-20-11-4-12-21-27/h1-23H,(H2,30,31,32). The van der Waals surface area contributed by atoms with Gasteiger partial charge in [0.1, 0.15) is 11.6 Å². The molecule has 2 N–H and O–H groups in total. The zero-order valence-electron chi connectivity index (χ0n) is 18.6. The summed E-state index contributed by atoms with van der Waals surface area (Å²) < 4.78 is 0. The second-order valence-corrected chi connectivity index (χ2v) is 11.5. The van der Waals surface area contributed by atoms with Gasteiger partial charge in [-0.1, -0.05) is 127 Å². The average molecular weight is 477 g/mol. The fraction of sp³-hybridized carbons (Fsp3) is 0. The van der Waals surface area contributed by atoms with Crippen molar-refractivity contribution in [3.05, 3.63) is 140 Å². The molecular weight excluding hydrogens is 452 g/mol. The summed E-state index contributed by atoms with van der Waals surface area (Å²) >= 11 is 0. The van der Waals surface area contributed by atoms with Crippen molar-refractivity contribution in [2.45, 2.75) is 0 Å². The lowest BCUT2D eigenvalue weighted by atomic mass is 10.4. The van der Waals surface area contributed by atoms with Gasteiger partial charge in [0.25, 0.3) is 0 Å². The molecule has 0 aliphatic heterocycles. The number of pyridine rings is 1. The van der Waals surface area contributed by atoms with E-state index in [0.717, 1.165) is 11.6 Å². The van der Waals surface area contributed by atoms with Gasteiger partial charge in [-0.25, -0.2) is 4.98 Å². The van der Waals surface area contributed by atoms with Crippen LogP contribution >= 0.6 is 16.1 Å². The SMILES string of the molecule is c1ccc(P(Nc2cccc(NP(c3ccccc3)c3ccccc3)n2)c2ccccc2)cc1. The Morgan fingerprint density at radius 2 is 0.647 bits per heavy atom. The van der Waals surface area contributed by atoms with Crippen LogP contribution in [0.3, 0.4) is 0 Å². The van der Waals surface area contributed by atoms with Gasteiger partial charge in [-0.15, -0.1) is 0 Å². The number of benzene rings is 4. The molecule has 0 aliphatic rings. The van der Waals surface area contributed by atoms with Gasteiger partial charge >= 0.3 is 0 Å². The van der Waals surface area contributed by atoms with Crippen LogP contribution in [0.5, 0.6) is 0 Å². The largest absolute Gasteiger partial charge is 0.342 e. The Morgan fingerprint density at radius 1 is 0.353 bits per heavy atom. The third-order valence-corrected chi connectivity index (χ3v) is 9.42. The number of anilines is 2. The van der Waals surface area contributed by atoms with E-state index in [1.807, 2.05) is 12.1 Å². The molecule has 0 unspecified atom stereocenters. The lowest BCUT2D eigenvalue weighted by molar-refractivity contribution is 1.34. The highest BCUT2D eigenvalue weighted by Crippen LogP contribution is 2.36. The molecule has 3 nitrogen and oxygen atoms in total. The smallest absolute Gasteiger partial charge is 0.132 e. The van der Waals surface area contributed by atoms with E-state index in [2.05, 4.69) is 138 Å². The molecule has 1 heterocycles. The number of hydrogen-bond acceptors (Lipinski definition) is 3. The van der Waals surface area contributed by atoms with Crippen LogP contribution in [0.25, 0.3) is 0 Å². The van der Waals surface area contributed by atoms with Gasteiger partial charge in [0.05, 0.1) is 16.1 Å². The Kier molecular flexibility index (Phi) is 7.26. The van der Waals surface area contributed by atoms with Gasteiger partial charge in [0, 0.05) is 21.2 Å². The highest BCUT2D eigenvalue weighted by molar-refractivity contribution is 7.74. The Bertz CT molecular complexity index is 1120. The minimum atomic E-state index is -0.783. The number of nitrogens with one attached hydrogen (secondary N) is 2. The topological polar surface area (TPSA) is 37.0 Å². The predicted molar refractivity (Wildman–Crippen MR) is 150 cm³/mol. The van der Waals surface area contributed by atoms with E-state index >= 15 is 0 Å². The minimum Gasteiger partial charge on any atom is -0.342 e. The van der Waals surface area contributed by atoms with Crippen molar-refractivity contribution in [1.29, 1.82) is 0 Å². The zero-order chi connectivity index (χ0) is 23.0. The maximum atomic E-state index is 4.96. The molecular formula is C29H25N3P2. The molecule has 5 aromatic rings. The maximum Gasteiger partial charge on any atom is 0.132 e. The third-order valence-electron chi connectivity index (χ3n) is 5.26. The predicted octanol–water partition coefficient (Wildman–Crippen LogP) is 6.00. The second-order valence-electron chi connectivity index (χ2n) is 7.64. The highest BCUT2D eigenvalue weighted by atomic mass is 31.1. The summed E-state index contributed by atoms with van der Waals surface area (Å²) in [5.41, 5.74) is 0. The molecule has 0 spiro atoms. The van der Waals surface area contributed by atoms with Crippen LogP contribution in [-0.4, -0.2) is 4.98 Å². The summed E-state index contributed by atoms with van der Waals surface area (Å²) in [5, 5.41) is 12.5. The van der Waals surface area contributed by atoms with Crippen molar-refractivity contribution in [2.24, 2.45) is 0 Å². The zero-order valence-corrected chi connectivity index (χ0v) is 20.4. The molecule has 0 bridgehead atoms. The fourth-order valence-corrected chi connectivity index (χ4v) is 7.35. The summed E-state index contributed by atoms with van der Waals surface area (Å²) in [6.07, 6.45) is 0. The summed E-state index contributed by atoms with van der Waals surface area (Å²) in [6, 6.07) is 48.5. The van der Waals surface area contributed by atoms with Crippen LogP contribution in [0.1, 0.15) is 0 Å². The quantitative estimate of drug-likeness (QED) is 0.269. The van der Waals surface area contributed by atoms with Crippen LogP contribution in [0.4, 0.5) is 11.6 Å². The number of hydrogen-bond donors (Lipinski definition) is 2. The molecule has 166 valence electrons. The van der Waals surface area contributed by atoms with Crippen LogP contribution in [0, 0.1) is 0 Å². The van der Waals surface area contributed by atoms with E-state index in [-0.39, 0.29) is 0 Å². The van der Waals surface area contributed by atoms with Gasteiger partial charge in [-0.05, 0) is 12.1 Å². The molecule has 1 aromatic heterocycles. The summed E-state index contributed by atoms with van der Waals surface area (Å²) in [6.45, 7) is 0. The van der Waals surface area contributed by atoms with Gasteiger partial charge < -0.3 is 10.2 Å². The van der Waals surface area contributed by atoms with Crippen LogP contribution in [0.15, 0.2) is 140 Å². The van der Waals surface area contributed by atoms with E-state index in [4.69, 9.17) is 4.98 Å². The van der Waals surface area contributed by atoms with Crippen molar-refractivity contribution in [1.82, 2.24) is 4.98 Å². The van der Waals surface area contributed by atoms with Crippen molar-refractivity contribution in [3.8, 4) is 0 Å². The lowest BCUT2D eigenvalue weighted by Gasteiger charge is -2.22. The molecule has 0 radical (unpaired) electrons. The van der Waals surface area contributed by atoms with Crippen LogP contribution in [-0.2, 0) is 0 Å². The van der Waals surface area contributed by atoms with Gasteiger partial charge in [0.15, 0.2) is 0 Å². The molecule has 34 heavy (non-hydrogen) atoms. The minimum absolute atomic E-state index is 0.783. The van der Waals surface area contributed by atoms with Crippen LogP contribution < -0.4 is 31.4 Å². The molecule has 5 rings (SSSR count). The molecule has 0 aliphatic carbocycles. The van der Waals surface area contributed by atoms with Crippen LogP contribution in [0.2, 0.25) is 0 Å². The first-order chi connectivity index (χ1) is 16.9. The van der Waals surface area contributed by atoms with Gasteiger partial charge in [-0.3, -0.25) is 0 Å². The monoisotopic (exact) mass is 477 g/mol. The first kappa shape index (κ1) is 22.3. The molecule has 5 heteroatoms. The fourth-order valence-electron chi connectivity index (χ4n) is 3.65. The van der Waals surface area contributed by atoms with E-state index < -0.39 is 16.1 Å². The Labute approximate surface area is 203 Å². The van der Waals surface area contributed by atoms with Crippen molar-refractivity contribution in [2.75, 3.05) is 10.2 Å². The van der Waals surface area contributed by atoms with Gasteiger partial charge in [0.2, 0.25) is 0 Å². The van der Waals surface area contributed by atoms with Gasteiger partial charge in [-0.2, -0.15) is 0 Å². The third kappa shape index (κ3) is 5.51. The van der Waals surface area contributed by atoms with E-state index in [9.17, 15) is 0 Å². The second kappa shape index (κ2) is 11.1. The Balaban J connectivity index is 1.44. The molecule has 0 fully saturated rings. The summed E-state index contributed by atoms with van der Waals surface area (Å²) in [5.74, 6) is 1.72. The Hall–Kier alpha value is -3.51. The number of nitrogens with zero attached hydrogens (tertiary/aromatic N) is 1. The average Bonchev–Trinajstić information content (AvgIpc) is 2.92.